The van der Waals surface area contributed by atoms with Gasteiger partial charge in [0.05, 0.1) is 14.2 Å². The lowest BCUT2D eigenvalue weighted by atomic mass is 10.1. The summed E-state index contributed by atoms with van der Waals surface area (Å²) in [6, 6.07) is 17.0. The maximum atomic E-state index is 14.5. The highest BCUT2D eigenvalue weighted by Gasteiger charge is 2.12. The third-order valence-corrected chi connectivity index (χ3v) is 4.65. The minimum atomic E-state index is -0.567. The summed E-state index contributed by atoms with van der Waals surface area (Å²) in [5, 5.41) is 0. The van der Waals surface area contributed by atoms with Gasteiger partial charge in [-0.2, -0.15) is 0 Å². The van der Waals surface area contributed by atoms with Gasteiger partial charge in [0.25, 0.3) is 0 Å². The molecule has 0 heterocycles. The van der Waals surface area contributed by atoms with Crippen molar-refractivity contribution in [2.24, 2.45) is 0 Å². The number of hydrogen-bond donors (Lipinski definition) is 0. The van der Waals surface area contributed by atoms with E-state index in [-0.39, 0.29) is 30.3 Å². The molecule has 0 aliphatic carbocycles. The zero-order valence-corrected chi connectivity index (χ0v) is 18.7. The van der Waals surface area contributed by atoms with Crippen LogP contribution in [0.5, 0.6) is 28.7 Å². The molecule has 3 aromatic rings. The van der Waals surface area contributed by atoms with E-state index in [1.165, 1.54) is 19.2 Å². The summed E-state index contributed by atoms with van der Waals surface area (Å²) in [7, 11) is 3.06. The van der Waals surface area contributed by atoms with E-state index in [0.29, 0.717) is 11.5 Å². The monoisotopic (exact) mass is 452 g/mol. The standard InChI is InChI=1S/C26H25FO6/c1-17(2)26(28)33-25-16-21(10-12-24(25)30-4)31-13-14-32-23-11-7-19(15-22(23)27)18-5-8-20(29-3)9-6-18/h5-12,15-16H,1,13-14H2,2-4H3. The molecule has 3 rings (SSSR count). The van der Waals surface area contributed by atoms with Crippen LogP contribution in [-0.2, 0) is 4.79 Å². The zero-order chi connectivity index (χ0) is 23.8. The summed E-state index contributed by atoms with van der Waals surface area (Å²) in [6.45, 7) is 5.38. The Bertz CT molecular complexity index is 1120. The van der Waals surface area contributed by atoms with Crippen LogP contribution in [0.15, 0.2) is 72.8 Å². The van der Waals surface area contributed by atoms with Crippen LogP contribution in [0.1, 0.15) is 6.92 Å². The van der Waals surface area contributed by atoms with Crippen molar-refractivity contribution in [1.82, 2.24) is 0 Å². The maximum absolute atomic E-state index is 14.5. The maximum Gasteiger partial charge on any atom is 0.338 e. The Morgan fingerprint density at radius 2 is 1.42 bits per heavy atom. The molecule has 0 spiro atoms. The molecule has 7 heteroatoms. The number of carbonyl (C=O) groups excluding carboxylic acids is 1. The number of carbonyl (C=O) groups is 1. The number of benzene rings is 3. The average Bonchev–Trinajstić information content (AvgIpc) is 2.82. The fourth-order valence-corrected chi connectivity index (χ4v) is 2.91. The second kappa shape index (κ2) is 11.0. The number of esters is 1. The van der Waals surface area contributed by atoms with E-state index in [1.54, 1.807) is 38.3 Å². The minimum Gasteiger partial charge on any atom is -0.497 e. The van der Waals surface area contributed by atoms with Gasteiger partial charge in [-0.15, -0.1) is 0 Å². The molecule has 0 saturated heterocycles. The van der Waals surface area contributed by atoms with Crippen molar-refractivity contribution >= 4 is 5.97 Å². The molecule has 0 aliphatic rings. The van der Waals surface area contributed by atoms with E-state index in [4.69, 9.17) is 23.7 Å². The Kier molecular flexibility index (Phi) is 7.91. The van der Waals surface area contributed by atoms with E-state index in [0.717, 1.165) is 16.9 Å². The van der Waals surface area contributed by atoms with Crippen molar-refractivity contribution in [2.75, 3.05) is 27.4 Å². The molecule has 0 aliphatic heterocycles. The fraction of sp³-hybridized carbons (Fsp3) is 0.192. The van der Waals surface area contributed by atoms with Gasteiger partial charge in [0.1, 0.15) is 24.7 Å². The molecule has 33 heavy (non-hydrogen) atoms. The third-order valence-electron chi connectivity index (χ3n) is 4.65. The minimum absolute atomic E-state index is 0.117. The van der Waals surface area contributed by atoms with E-state index in [1.807, 2.05) is 24.3 Å². The van der Waals surface area contributed by atoms with Crippen LogP contribution < -0.4 is 23.7 Å². The first kappa shape index (κ1) is 23.7. The first-order valence-electron chi connectivity index (χ1n) is 10.2. The predicted molar refractivity (Wildman–Crippen MR) is 123 cm³/mol. The number of ether oxygens (including phenoxy) is 5. The lowest BCUT2D eigenvalue weighted by Gasteiger charge is -2.13. The van der Waals surface area contributed by atoms with Gasteiger partial charge >= 0.3 is 5.97 Å². The molecular formula is C26H25FO6. The first-order chi connectivity index (χ1) is 15.9. The Balaban J connectivity index is 1.57. The van der Waals surface area contributed by atoms with E-state index < -0.39 is 11.8 Å². The van der Waals surface area contributed by atoms with Crippen LogP contribution in [0.4, 0.5) is 4.39 Å². The summed E-state index contributed by atoms with van der Waals surface area (Å²) in [6.07, 6.45) is 0. The molecule has 0 fully saturated rings. The van der Waals surface area contributed by atoms with Crippen LogP contribution >= 0.6 is 0 Å². The van der Waals surface area contributed by atoms with Crippen molar-refractivity contribution in [3.05, 3.63) is 78.6 Å². The summed E-state index contributed by atoms with van der Waals surface area (Å²) < 4.78 is 41.2. The molecule has 0 N–H and O–H groups in total. The van der Waals surface area contributed by atoms with Gasteiger partial charge in [-0.1, -0.05) is 24.8 Å². The van der Waals surface area contributed by atoms with Gasteiger partial charge in [-0.3, -0.25) is 0 Å². The lowest BCUT2D eigenvalue weighted by Crippen LogP contribution is -2.11. The van der Waals surface area contributed by atoms with Crippen molar-refractivity contribution < 1.29 is 32.9 Å². The van der Waals surface area contributed by atoms with Crippen LogP contribution in [0.25, 0.3) is 11.1 Å². The van der Waals surface area contributed by atoms with Crippen LogP contribution in [0.3, 0.4) is 0 Å². The molecular weight excluding hydrogens is 427 g/mol. The largest absolute Gasteiger partial charge is 0.497 e. The van der Waals surface area contributed by atoms with Crippen molar-refractivity contribution in [2.45, 2.75) is 6.92 Å². The van der Waals surface area contributed by atoms with Gasteiger partial charge in [0.2, 0.25) is 0 Å². The summed E-state index contributed by atoms with van der Waals surface area (Å²) in [5.74, 6) is 0.860. The van der Waals surface area contributed by atoms with Crippen molar-refractivity contribution in [3.63, 3.8) is 0 Å². The highest BCUT2D eigenvalue weighted by Crippen LogP contribution is 2.32. The average molecular weight is 452 g/mol. The SMILES string of the molecule is C=C(C)C(=O)Oc1cc(OCCOc2ccc(-c3ccc(OC)cc3)cc2F)ccc1OC. The molecule has 0 aromatic heterocycles. The highest BCUT2D eigenvalue weighted by atomic mass is 19.1. The molecule has 0 atom stereocenters. The van der Waals surface area contributed by atoms with E-state index >= 15 is 0 Å². The lowest BCUT2D eigenvalue weighted by molar-refractivity contribution is -0.130. The summed E-state index contributed by atoms with van der Waals surface area (Å²) >= 11 is 0. The molecule has 0 radical (unpaired) electrons. The van der Waals surface area contributed by atoms with Gasteiger partial charge in [-0.25, -0.2) is 9.18 Å². The molecule has 0 amide bonds. The second-order valence-electron chi connectivity index (χ2n) is 7.05. The molecule has 0 saturated carbocycles. The third kappa shape index (κ3) is 6.26. The van der Waals surface area contributed by atoms with Crippen LogP contribution in [-0.4, -0.2) is 33.4 Å². The fourth-order valence-electron chi connectivity index (χ4n) is 2.91. The Morgan fingerprint density at radius 3 is 2.06 bits per heavy atom. The first-order valence-corrected chi connectivity index (χ1v) is 10.2. The highest BCUT2D eigenvalue weighted by molar-refractivity contribution is 5.89. The Labute approximate surface area is 192 Å². The number of hydrogen-bond acceptors (Lipinski definition) is 6. The smallest absolute Gasteiger partial charge is 0.338 e. The van der Waals surface area contributed by atoms with Gasteiger partial charge in [0.15, 0.2) is 23.1 Å². The Morgan fingerprint density at radius 1 is 0.788 bits per heavy atom. The summed E-state index contributed by atoms with van der Waals surface area (Å²) in [5.41, 5.74) is 1.86. The second-order valence-corrected chi connectivity index (χ2v) is 7.05. The van der Waals surface area contributed by atoms with Crippen molar-refractivity contribution in [1.29, 1.82) is 0 Å². The molecule has 0 unspecified atom stereocenters. The molecule has 172 valence electrons. The van der Waals surface area contributed by atoms with Crippen molar-refractivity contribution in [3.8, 4) is 39.9 Å². The number of halogens is 1. The predicted octanol–water partition coefficient (Wildman–Crippen LogP) is 5.45. The quantitative estimate of drug-likeness (QED) is 0.176. The molecule has 0 bridgehead atoms. The Hall–Kier alpha value is -4.00. The van der Waals surface area contributed by atoms with Gasteiger partial charge in [0, 0.05) is 11.6 Å². The van der Waals surface area contributed by atoms with Gasteiger partial charge in [-0.05, 0) is 54.4 Å². The summed E-state index contributed by atoms with van der Waals surface area (Å²) in [4.78, 5) is 11.8. The molecule has 3 aromatic carbocycles. The van der Waals surface area contributed by atoms with Crippen LogP contribution in [0.2, 0.25) is 0 Å². The zero-order valence-electron chi connectivity index (χ0n) is 18.7. The normalized spacial score (nSPS) is 10.3. The van der Waals surface area contributed by atoms with E-state index in [9.17, 15) is 9.18 Å². The number of rotatable bonds is 10. The topological polar surface area (TPSA) is 63.2 Å². The van der Waals surface area contributed by atoms with Gasteiger partial charge < -0.3 is 23.7 Å². The molecule has 6 nitrogen and oxygen atoms in total. The van der Waals surface area contributed by atoms with Crippen LogP contribution in [0, 0.1) is 5.82 Å². The van der Waals surface area contributed by atoms with E-state index in [2.05, 4.69) is 6.58 Å². The number of methoxy groups -OCH3 is 2.